The fourth-order valence-electron chi connectivity index (χ4n) is 4.00. The van der Waals surface area contributed by atoms with Crippen LogP contribution in [-0.4, -0.2) is 30.4 Å². The first-order valence-electron chi connectivity index (χ1n) is 11.5. The second kappa shape index (κ2) is 10.3. The lowest BCUT2D eigenvalue weighted by Crippen LogP contribution is -2.48. The number of para-hydroxylation sites is 1. The van der Waals surface area contributed by atoms with Gasteiger partial charge in [0.05, 0.1) is 11.4 Å². The molecule has 1 N–H and O–H groups in total. The van der Waals surface area contributed by atoms with E-state index >= 15 is 0 Å². The third kappa shape index (κ3) is 5.17. The number of nitrogens with zero attached hydrogens (tertiary/aromatic N) is 2. The van der Waals surface area contributed by atoms with Crippen molar-refractivity contribution < 1.29 is 14.3 Å². The fourth-order valence-corrected chi connectivity index (χ4v) is 4.00. The van der Waals surface area contributed by atoms with Crippen LogP contribution in [-0.2, 0) is 9.53 Å². The Morgan fingerprint density at radius 1 is 0.941 bits per heavy atom. The maximum Gasteiger partial charge on any atom is 0.409 e. The van der Waals surface area contributed by atoms with Crippen LogP contribution >= 0.6 is 0 Å². The van der Waals surface area contributed by atoms with Crippen LogP contribution in [0.1, 0.15) is 43.6 Å². The maximum absolute atomic E-state index is 13.7. The molecule has 0 spiro atoms. The van der Waals surface area contributed by atoms with Gasteiger partial charge in [-0.05, 0) is 24.5 Å². The fraction of sp³-hybridized carbons (Fsp3) is 0.250. The summed E-state index contributed by atoms with van der Waals surface area (Å²) in [4.78, 5) is 33.0. The monoisotopic (exact) mass is 455 g/mol. The zero-order valence-electron chi connectivity index (χ0n) is 19.6. The van der Waals surface area contributed by atoms with E-state index in [2.05, 4.69) is 19.2 Å². The molecule has 0 fully saturated rings. The number of hydrogen-bond donors (Lipinski definition) is 1. The lowest BCUT2D eigenvalue weighted by molar-refractivity contribution is -0.120. The average molecular weight is 456 g/mol. The van der Waals surface area contributed by atoms with Crippen molar-refractivity contribution in [3.8, 4) is 0 Å². The molecule has 0 bridgehead atoms. The number of carbonyl (C=O) groups is 2. The first-order valence-corrected chi connectivity index (χ1v) is 11.5. The van der Waals surface area contributed by atoms with E-state index in [1.165, 1.54) is 0 Å². The van der Waals surface area contributed by atoms with Crippen molar-refractivity contribution in [2.75, 3.05) is 11.4 Å². The highest BCUT2D eigenvalue weighted by Crippen LogP contribution is 2.29. The van der Waals surface area contributed by atoms with Gasteiger partial charge in [-0.15, -0.1) is 0 Å². The van der Waals surface area contributed by atoms with E-state index in [0.717, 1.165) is 22.4 Å². The summed E-state index contributed by atoms with van der Waals surface area (Å²) in [6.45, 7) is 6.40. The molecule has 1 unspecified atom stereocenters. The number of aliphatic imine (C=N–C) groups is 1. The Hall–Kier alpha value is -3.93. The highest BCUT2D eigenvalue weighted by molar-refractivity contribution is 6.20. The summed E-state index contributed by atoms with van der Waals surface area (Å²) in [6.07, 6.45) is -2.28. The lowest BCUT2D eigenvalue weighted by Gasteiger charge is -2.27. The van der Waals surface area contributed by atoms with Crippen molar-refractivity contribution in [2.45, 2.75) is 33.0 Å². The van der Waals surface area contributed by atoms with Gasteiger partial charge in [-0.3, -0.25) is 10.1 Å². The molecule has 2 amide bonds. The van der Waals surface area contributed by atoms with Gasteiger partial charge in [-0.1, -0.05) is 92.7 Å². The number of amides is 2. The molecule has 1 heterocycles. The van der Waals surface area contributed by atoms with Gasteiger partial charge in [0.15, 0.2) is 0 Å². The highest BCUT2D eigenvalue weighted by Gasteiger charge is 2.33. The van der Waals surface area contributed by atoms with Crippen LogP contribution in [0.4, 0.5) is 10.5 Å². The average Bonchev–Trinajstić information content (AvgIpc) is 2.95. The zero-order chi connectivity index (χ0) is 24.1. The summed E-state index contributed by atoms with van der Waals surface area (Å²) in [7, 11) is 0. The van der Waals surface area contributed by atoms with Crippen LogP contribution in [0.15, 0.2) is 89.9 Å². The van der Waals surface area contributed by atoms with Crippen LogP contribution < -0.4 is 10.2 Å². The van der Waals surface area contributed by atoms with Crippen LogP contribution in [0.5, 0.6) is 0 Å². The van der Waals surface area contributed by atoms with E-state index in [-0.39, 0.29) is 11.8 Å². The van der Waals surface area contributed by atoms with E-state index in [0.29, 0.717) is 12.3 Å². The maximum atomic E-state index is 13.7. The number of ether oxygens (including phenoxy) is 1. The Balaban J connectivity index is 1.69. The molecule has 6 heteroatoms. The second-order valence-corrected chi connectivity index (χ2v) is 8.71. The molecular formula is C28H29N3O3. The van der Waals surface area contributed by atoms with Crippen LogP contribution in [0.25, 0.3) is 0 Å². The van der Waals surface area contributed by atoms with Gasteiger partial charge in [-0.25, -0.2) is 9.79 Å². The van der Waals surface area contributed by atoms with Crippen molar-refractivity contribution in [3.63, 3.8) is 0 Å². The Kier molecular flexibility index (Phi) is 7.07. The number of benzene rings is 3. The standard InChI is InChI=1S/C28H29N3O3/c1-19(2)18-31-24-17-11-10-16-23(24)25(22-14-8-5-9-15-22)29-26(27(31)32)30-28(33)34-20(3)21-12-6-4-7-13-21/h4-17,19-20,26H,18H2,1-3H3,(H,30,33)/t20?,26-/m0/s1. The third-order valence-corrected chi connectivity index (χ3v) is 5.61. The SMILES string of the molecule is CC(C)CN1C(=O)[C@H](NC(=O)OC(C)c2ccccc2)N=C(c2ccccc2)c2ccccc21. The number of nitrogens with one attached hydrogen (secondary N) is 1. The van der Waals surface area contributed by atoms with Gasteiger partial charge in [0, 0.05) is 17.7 Å². The number of fused-ring (bicyclic) bond motifs is 1. The normalized spacial score (nSPS) is 16.4. The van der Waals surface area contributed by atoms with E-state index in [9.17, 15) is 9.59 Å². The molecule has 0 saturated carbocycles. The molecule has 174 valence electrons. The Labute approximate surface area is 200 Å². The minimum absolute atomic E-state index is 0.223. The number of carbonyl (C=O) groups excluding carboxylic acids is 2. The smallest absolute Gasteiger partial charge is 0.409 e. The minimum atomic E-state index is -1.11. The molecule has 0 saturated heterocycles. The first kappa shape index (κ1) is 23.2. The van der Waals surface area contributed by atoms with Gasteiger partial charge in [0.2, 0.25) is 6.17 Å². The molecule has 2 atom stereocenters. The van der Waals surface area contributed by atoms with E-state index in [4.69, 9.17) is 9.73 Å². The van der Waals surface area contributed by atoms with E-state index in [1.54, 1.807) is 11.8 Å². The number of benzodiazepines with no additional fused rings is 1. The lowest BCUT2D eigenvalue weighted by atomic mass is 10.00. The predicted molar refractivity (Wildman–Crippen MR) is 134 cm³/mol. The van der Waals surface area contributed by atoms with Crippen molar-refractivity contribution in [1.29, 1.82) is 0 Å². The van der Waals surface area contributed by atoms with Gasteiger partial charge >= 0.3 is 6.09 Å². The number of anilines is 1. The van der Waals surface area contributed by atoms with Crippen molar-refractivity contribution in [2.24, 2.45) is 10.9 Å². The summed E-state index contributed by atoms with van der Waals surface area (Å²) >= 11 is 0. The molecule has 0 aromatic heterocycles. The van der Waals surface area contributed by atoms with Crippen molar-refractivity contribution >= 4 is 23.4 Å². The molecular weight excluding hydrogens is 426 g/mol. The molecule has 3 aromatic rings. The molecule has 1 aliphatic heterocycles. The molecule has 34 heavy (non-hydrogen) atoms. The number of rotatable bonds is 6. The molecule has 0 aliphatic carbocycles. The van der Waals surface area contributed by atoms with Gasteiger partial charge in [0.1, 0.15) is 6.10 Å². The topological polar surface area (TPSA) is 71.0 Å². The molecule has 1 aliphatic rings. The summed E-state index contributed by atoms with van der Waals surface area (Å²) < 4.78 is 5.57. The second-order valence-electron chi connectivity index (χ2n) is 8.71. The quantitative estimate of drug-likeness (QED) is 0.545. The van der Waals surface area contributed by atoms with Crippen LogP contribution in [0.3, 0.4) is 0 Å². The zero-order valence-corrected chi connectivity index (χ0v) is 19.6. The third-order valence-electron chi connectivity index (χ3n) is 5.61. The molecule has 3 aromatic carbocycles. The largest absolute Gasteiger partial charge is 0.442 e. The Morgan fingerprint density at radius 3 is 2.24 bits per heavy atom. The molecule has 0 radical (unpaired) electrons. The summed E-state index contributed by atoms with van der Waals surface area (Å²) in [6, 6.07) is 26.9. The van der Waals surface area contributed by atoms with Gasteiger partial charge < -0.3 is 9.64 Å². The van der Waals surface area contributed by atoms with E-state index < -0.39 is 18.4 Å². The first-order chi connectivity index (χ1) is 16.4. The Bertz CT molecular complexity index is 1180. The summed E-state index contributed by atoms with van der Waals surface area (Å²) in [5, 5.41) is 2.71. The van der Waals surface area contributed by atoms with E-state index in [1.807, 2.05) is 84.9 Å². The highest BCUT2D eigenvalue weighted by atomic mass is 16.6. The van der Waals surface area contributed by atoms with Crippen molar-refractivity contribution in [1.82, 2.24) is 5.32 Å². The number of hydrogen-bond acceptors (Lipinski definition) is 4. The number of alkyl carbamates (subject to hydrolysis) is 1. The Morgan fingerprint density at radius 2 is 1.56 bits per heavy atom. The van der Waals surface area contributed by atoms with Crippen LogP contribution in [0.2, 0.25) is 0 Å². The molecule has 4 rings (SSSR count). The van der Waals surface area contributed by atoms with Gasteiger partial charge in [-0.2, -0.15) is 0 Å². The predicted octanol–water partition coefficient (Wildman–Crippen LogP) is 5.34. The van der Waals surface area contributed by atoms with Gasteiger partial charge in [0.25, 0.3) is 5.91 Å². The van der Waals surface area contributed by atoms with Crippen molar-refractivity contribution in [3.05, 3.63) is 102 Å². The summed E-state index contributed by atoms with van der Waals surface area (Å²) in [5.41, 5.74) is 4.01. The minimum Gasteiger partial charge on any atom is -0.442 e. The summed E-state index contributed by atoms with van der Waals surface area (Å²) in [5.74, 6) is -0.0719. The molecule has 6 nitrogen and oxygen atoms in total. The van der Waals surface area contributed by atoms with Crippen LogP contribution in [0, 0.1) is 5.92 Å².